The first kappa shape index (κ1) is 23.3. The van der Waals surface area contributed by atoms with Crippen molar-refractivity contribution in [1.82, 2.24) is 9.97 Å². The van der Waals surface area contributed by atoms with Gasteiger partial charge in [-0.2, -0.15) is 10.2 Å². The van der Waals surface area contributed by atoms with Gasteiger partial charge in [-0.15, -0.1) is 8.78 Å². The van der Waals surface area contributed by atoms with Crippen LogP contribution in [0.3, 0.4) is 0 Å². The van der Waals surface area contributed by atoms with E-state index >= 15 is 0 Å². The van der Waals surface area contributed by atoms with Crippen LogP contribution >= 0.6 is 0 Å². The van der Waals surface area contributed by atoms with Crippen LogP contribution in [0.25, 0.3) is 0 Å². The topological polar surface area (TPSA) is 92.1 Å². The van der Waals surface area contributed by atoms with Gasteiger partial charge in [-0.25, -0.2) is 4.98 Å². The predicted octanol–water partition coefficient (Wildman–Crippen LogP) is 5.94. The third-order valence-corrected chi connectivity index (χ3v) is 8.70. The molecule has 5 aliphatic rings. The van der Waals surface area contributed by atoms with Crippen LogP contribution in [0.4, 0.5) is 20.5 Å². The van der Waals surface area contributed by atoms with Crippen molar-refractivity contribution in [3.63, 3.8) is 0 Å². The SMILES string of the molecule is CCCC1C2CC3CC1CC(CNc1nc(NCc4cccc5c4OC(F)(F)O5)ncc1C#N)(C3)C2. The molecule has 1 aromatic heterocycles. The Labute approximate surface area is 209 Å². The number of hydrogen-bond acceptors (Lipinski definition) is 7. The van der Waals surface area contributed by atoms with Crippen molar-refractivity contribution in [3.05, 3.63) is 35.5 Å². The number of ether oxygens (including phenoxy) is 2. The van der Waals surface area contributed by atoms with Crippen LogP contribution in [-0.4, -0.2) is 22.8 Å². The van der Waals surface area contributed by atoms with E-state index in [-0.39, 0.29) is 23.5 Å². The van der Waals surface area contributed by atoms with E-state index in [9.17, 15) is 14.0 Å². The predicted molar refractivity (Wildman–Crippen MR) is 130 cm³/mol. The van der Waals surface area contributed by atoms with E-state index in [0.717, 1.165) is 30.2 Å². The molecule has 0 spiro atoms. The molecule has 4 fully saturated rings. The molecule has 2 heterocycles. The molecule has 0 amide bonds. The highest BCUT2D eigenvalue weighted by Gasteiger charge is 2.54. The number of nitrogens with one attached hydrogen (secondary N) is 2. The molecule has 2 N–H and O–H groups in total. The molecule has 2 unspecified atom stereocenters. The minimum absolute atomic E-state index is 0.000786. The van der Waals surface area contributed by atoms with Crippen LogP contribution in [0.5, 0.6) is 11.5 Å². The van der Waals surface area contributed by atoms with Gasteiger partial charge in [-0.05, 0) is 67.3 Å². The second-order valence-electron chi connectivity index (χ2n) is 11.1. The number of hydrogen-bond donors (Lipinski definition) is 2. The lowest BCUT2D eigenvalue weighted by Crippen LogP contribution is -2.53. The molecule has 4 bridgehead atoms. The molecular formula is C27H31F2N5O2. The molecule has 4 saturated carbocycles. The quantitative estimate of drug-likeness (QED) is 0.468. The zero-order valence-corrected chi connectivity index (χ0v) is 20.4. The second kappa shape index (κ2) is 8.75. The molecular weight excluding hydrogens is 464 g/mol. The van der Waals surface area contributed by atoms with Crippen LogP contribution in [0.2, 0.25) is 0 Å². The molecule has 36 heavy (non-hydrogen) atoms. The summed E-state index contributed by atoms with van der Waals surface area (Å²) in [6.45, 7) is 3.28. The molecule has 1 aromatic carbocycles. The summed E-state index contributed by atoms with van der Waals surface area (Å²) < 4.78 is 36.2. The largest absolute Gasteiger partial charge is 0.586 e. The Morgan fingerprint density at radius 3 is 2.69 bits per heavy atom. The van der Waals surface area contributed by atoms with E-state index in [1.54, 1.807) is 12.1 Å². The van der Waals surface area contributed by atoms with E-state index in [2.05, 4.69) is 43.1 Å². The first-order chi connectivity index (χ1) is 17.4. The lowest BCUT2D eigenvalue weighted by atomic mass is 9.45. The minimum atomic E-state index is -3.67. The average molecular weight is 496 g/mol. The van der Waals surface area contributed by atoms with Gasteiger partial charge in [0, 0.05) is 18.7 Å². The van der Waals surface area contributed by atoms with Crippen LogP contribution in [0.1, 0.15) is 63.0 Å². The molecule has 7 rings (SSSR count). The minimum Gasteiger partial charge on any atom is -0.395 e. The Hall–Kier alpha value is -3.15. The van der Waals surface area contributed by atoms with Gasteiger partial charge in [0.05, 0.1) is 6.20 Å². The number of nitriles is 1. The zero-order chi connectivity index (χ0) is 24.9. The number of rotatable bonds is 8. The fourth-order valence-corrected chi connectivity index (χ4v) is 7.61. The lowest BCUT2D eigenvalue weighted by molar-refractivity contribution is -0.286. The second-order valence-corrected chi connectivity index (χ2v) is 11.1. The van der Waals surface area contributed by atoms with Crippen molar-refractivity contribution >= 4 is 11.8 Å². The number of halogens is 2. The number of alkyl halides is 2. The number of fused-ring (bicyclic) bond motifs is 1. The van der Waals surface area contributed by atoms with Crippen LogP contribution < -0.4 is 20.1 Å². The summed E-state index contributed by atoms with van der Waals surface area (Å²) in [4.78, 5) is 8.81. The molecule has 0 radical (unpaired) electrons. The summed E-state index contributed by atoms with van der Waals surface area (Å²) in [5.74, 6) is 4.22. The summed E-state index contributed by atoms with van der Waals surface area (Å²) in [6.07, 6.45) is 7.01. The van der Waals surface area contributed by atoms with Gasteiger partial charge in [0.25, 0.3) is 0 Å². The Balaban J connectivity index is 1.15. The molecule has 2 atom stereocenters. The third-order valence-electron chi connectivity index (χ3n) is 8.70. The maximum atomic E-state index is 13.5. The summed E-state index contributed by atoms with van der Waals surface area (Å²) in [5, 5.41) is 16.2. The Morgan fingerprint density at radius 2 is 1.94 bits per heavy atom. The summed E-state index contributed by atoms with van der Waals surface area (Å²) >= 11 is 0. The fourth-order valence-electron chi connectivity index (χ4n) is 7.61. The van der Waals surface area contributed by atoms with Gasteiger partial charge in [-0.3, -0.25) is 0 Å². The summed E-state index contributed by atoms with van der Waals surface area (Å²) in [5.41, 5.74) is 1.17. The maximum absolute atomic E-state index is 13.5. The van der Waals surface area contributed by atoms with Gasteiger partial charge < -0.3 is 20.1 Å². The molecule has 7 nitrogen and oxygen atoms in total. The monoisotopic (exact) mass is 495 g/mol. The van der Waals surface area contributed by atoms with Gasteiger partial charge in [-0.1, -0.05) is 31.9 Å². The maximum Gasteiger partial charge on any atom is 0.586 e. The van der Waals surface area contributed by atoms with E-state index in [0.29, 0.717) is 22.9 Å². The van der Waals surface area contributed by atoms with Crippen LogP contribution in [-0.2, 0) is 6.54 Å². The van der Waals surface area contributed by atoms with Gasteiger partial charge in [0.1, 0.15) is 17.5 Å². The highest BCUT2D eigenvalue weighted by molar-refractivity contribution is 5.54. The summed E-state index contributed by atoms with van der Waals surface area (Å²) in [6, 6.07) is 6.93. The number of anilines is 2. The Morgan fingerprint density at radius 1 is 1.14 bits per heavy atom. The Bertz CT molecular complexity index is 1180. The average Bonchev–Trinajstić information content (AvgIpc) is 3.18. The van der Waals surface area contributed by atoms with Crippen molar-refractivity contribution in [2.45, 2.75) is 64.7 Å². The highest BCUT2D eigenvalue weighted by atomic mass is 19.3. The third kappa shape index (κ3) is 4.21. The molecule has 0 saturated heterocycles. The molecule has 190 valence electrons. The first-order valence-electron chi connectivity index (χ1n) is 13.0. The van der Waals surface area contributed by atoms with Gasteiger partial charge in [0.2, 0.25) is 5.95 Å². The van der Waals surface area contributed by atoms with Crippen molar-refractivity contribution in [2.24, 2.45) is 29.1 Å². The number of benzene rings is 1. The number of para-hydroxylation sites is 1. The molecule has 4 aliphatic carbocycles. The van der Waals surface area contributed by atoms with Crippen molar-refractivity contribution in [3.8, 4) is 17.6 Å². The number of nitrogens with zero attached hydrogens (tertiary/aromatic N) is 3. The molecule has 1 aliphatic heterocycles. The summed E-state index contributed by atoms with van der Waals surface area (Å²) in [7, 11) is 0. The smallest absolute Gasteiger partial charge is 0.395 e. The first-order valence-corrected chi connectivity index (χ1v) is 13.0. The van der Waals surface area contributed by atoms with Crippen LogP contribution in [0.15, 0.2) is 24.4 Å². The highest BCUT2D eigenvalue weighted by Crippen LogP contribution is 2.63. The van der Waals surface area contributed by atoms with Crippen molar-refractivity contribution in [2.75, 3.05) is 17.2 Å². The Kier molecular flexibility index (Phi) is 5.66. The fraction of sp³-hybridized carbons (Fsp3) is 0.593. The van der Waals surface area contributed by atoms with E-state index in [1.807, 2.05) is 0 Å². The lowest BCUT2D eigenvalue weighted by Gasteiger charge is -2.60. The molecule has 9 heteroatoms. The number of aromatic nitrogens is 2. The van der Waals surface area contributed by atoms with Gasteiger partial charge in [0.15, 0.2) is 11.5 Å². The normalized spacial score (nSPS) is 30.7. The standard InChI is InChI=1S/C27H31F2N5O2/c1-2-4-21-18-7-16-8-19(21)11-26(9-16,10-18)15-33-24-20(12-30)14-32-25(34-24)31-13-17-5-3-6-22-23(17)36-27(28,29)35-22/h3,5-6,14,16,18-19,21H,2,4,7-11,13,15H2,1H3,(H2,31,32,33,34). The van der Waals surface area contributed by atoms with E-state index < -0.39 is 6.29 Å². The van der Waals surface area contributed by atoms with Crippen LogP contribution in [0, 0.1) is 40.4 Å². The molecule has 2 aromatic rings. The zero-order valence-electron chi connectivity index (χ0n) is 20.4. The van der Waals surface area contributed by atoms with Crippen molar-refractivity contribution in [1.29, 1.82) is 5.26 Å². The van der Waals surface area contributed by atoms with Gasteiger partial charge >= 0.3 is 6.29 Å². The van der Waals surface area contributed by atoms with E-state index in [1.165, 1.54) is 57.2 Å². The van der Waals surface area contributed by atoms with E-state index in [4.69, 9.17) is 0 Å². The van der Waals surface area contributed by atoms with Crippen molar-refractivity contribution < 1.29 is 18.3 Å².